The second-order valence-corrected chi connectivity index (χ2v) is 10.6. The van der Waals surface area contributed by atoms with E-state index in [1.807, 2.05) is 54.6 Å². The van der Waals surface area contributed by atoms with Crippen LogP contribution in [0.1, 0.15) is 15.9 Å². The van der Waals surface area contributed by atoms with Crippen molar-refractivity contribution in [3.63, 3.8) is 0 Å². The van der Waals surface area contributed by atoms with Crippen LogP contribution in [0, 0.1) is 0 Å². The second-order valence-electron chi connectivity index (χ2n) is 8.94. The largest absolute Gasteiger partial charge is 0.495 e. The highest BCUT2D eigenvalue weighted by molar-refractivity contribution is 8.00. The number of hydrogen-bond donors (Lipinski definition) is 1. The van der Waals surface area contributed by atoms with Crippen LogP contribution in [0.2, 0.25) is 10.0 Å². The molecule has 1 fully saturated rings. The number of anilines is 1. The minimum Gasteiger partial charge on any atom is -0.495 e. The lowest BCUT2D eigenvalue weighted by Crippen LogP contribution is -2.43. The van der Waals surface area contributed by atoms with E-state index in [0.717, 1.165) is 60.5 Å². The maximum Gasteiger partial charge on any atom is 0.150 e. The van der Waals surface area contributed by atoms with Crippen molar-refractivity contribution in [2.24, 2.45) is 0 Å². The summed E-state index contributed by atoms with van der Waals surface area (Å²) in [5.74, 6) is 0.630. The molecular weight excluding hydrogens is 539 g/mol. The maximum absolute atomic E-state index is 10.8. The highest BCUT2D eigenvalue weighted by Gasteiger charge is 2.14. The molecule has 1 N–H and O–H groups in total. The van der Waals surface area contributed by atoms with Crippen LogP contribution < -0.4 is 9.46 Å². The van der Waals surface area contributed by atoms with Crippen molar-refractivity contribution in [3.05, 3.63) is 94.1 Å². The predicted octanol–water partition coefficient (Wildman–Crippen LogP) is 6.92. The van der Waals surface area contributed by atoms with E-state index in [0.29, 0.717) is 21.4 Å². The molecule has 0 aliphatic carbocycles. The number of rotatable bonds is 7. The lowest BCUT2D eigenvalue weighted by Gasteiger charge is -2.32. The summed E-state index contributed by atoms with van der Waals surface area (Å²) in [6, 6.07) is 21.2. The molecule has 0 spiro atoms. The molecule has 3 aromatic carbocycles. The number of nitrogens with one attached hydrogen (secondary N) is 1. The molecule has 0 atom stereocenters. The average Bonchev–Trinajstić information content (AvgIpc) is 2.95. The van der Waals surface area contributed by atoms with Gasteiger partial charge >= 0.3 is 0 Å². The highest BCUT2D eigenvalue weighted by atomic mass is 35.5. The number of benzene rings is 3. The number of aldehydes is 1. The summed E-state index contributed by atoms with van der Waals surface area (Å²) in [6.45, 7) is 5.49. The zero-order valence-corrected chi connectivity index (χ0v) is 23.7. The molecule has 9 heteroatoms. The second kappa shape index (κ2) is 13.8. The van der Waals surface area contributed by atoms with Crippen molar-refractivity contribution in [3.8, 4) is 5.75 Å². The van der Waals surface area contributed by atoms with E-state index < -0.39 is 0 Å². The normalized spacial score (nSPS) is 14.0. The van der Waals surface area contributed by atoms with Crippen molar-refractivity contribution in [1.29, 1.82) is 0 Å². The molecular formula is C29H30Cl2N4O2S. The summed E-state index contributed by atoms with van der Waals surface area (Å²) in [7, 11) is 3.75. The fourth-order valence-corrected chi connectivity index (χ4v) is 5.16. The number of para-hydroxylation sites is 1. The Morgan fingerprint density at radius 2 is 1.79 bits per heavy atom. The van der Waals surface area contributed by atoms with Crippen LogP contribution in [-0.2, 0) is 6.54 Å². The quantitative estimate of drug-likeness (QED) is 0.192. The monoisotopic (exact) mass is 568 g/mol. The van der Waals surface area contributed by atoms with Crippen molar-refractivity contribution in [2.45, 2.75) is 11.4 Å². The Labute approximate surface area is 238 Å². The molecule has 198 valence electrons. The molecule has 0 saturated carbocycles. The number of likely N-dealkylation sites (N-methyl/N-ethyl adjacent to an activating group) is 1. The highest BCUT2D eigenvalue weighted by Crippen LogP contribution is 2.32. The van der Waals surface area contributed by atoms with E-state index in [4.69, 9.17) is 27.9 Å². The number of methoxy groups -OCH3 is 1. The van der Waals surface area contributed by atoms with Gasteiger partial charge in [-0.25, -0.2) is 0 Å². The fraction of sp³-hybridized carbons (Fsp3) is 0.241. The number of fused-ring (bicyclic) bond motifs is 1. The predicted molar refractivity (Wildman–Crippen MR) is 159 cm³/mol. The Kier molecular flexibility index (Phi) is 10.3. The number of hydrogen-bond acceptors (Lipinski definition) is 7. The van der Waals surface area contributed by atoms with E-state index in [1.54, 1.807) is 25.4 Å². The number of ether oxygens (including phenoxy) is 1. The zero-order chi connectivity index (χ0) is 26.9. The van der Waals surface area contributed by atoms with E-state index in [2.05, 4.69) is 26.6 Å². The molecule has 4 aromatic rings. The van der Waals surface area contributed by atoms with Crippen LogP contribution in [-0.4, -0.2) is 61.4 Å². The lowest BCUT2D eigenvalue weighted by atomic mass is 10.2. The number of halogens is 2. The minimum absolute atomic E-state index is 0.583. The third-order valence-corrected chi connectivity index (χ3v) is 7.82. The van der Waals surface area contributed by atoms with Gasteiger partial charge in [-0.3, -0.25) is 14.7 Å². The molecule has 0 unspecified atom stereocenters. The molecule has 0 bridgehead atoms. The van der Waals surface area contributed by atoms with Gasteiger partial charge in [0, 0.05) is 49.9 Å². The van der Waals surface area contributed by atoms with Gasteiger partial charge in [-0.2, -0.15) is 0 Å². The summed E-state index contributed by atoms with van der Waals surface area (Å²) in [5, 5.41) is 2.37. The summed E-state index contributed by atoms with van der Waals surface area (Å²) in [6.07, 6.45) is 2.58. The third-order valence-electron chi connectivity index (χ3n) is 6.21. The van der Waals surface area contributed by atoms with Gasteiger partial charge in [0.15, 0.2) is 0 Å². The first-order valence-corrected chi connectivity index (χ1v) is 13.8. The average molecular weight is 570 g/mol. The summed E-state index contributed by atoms with van der Waals surface area (Å²) in [4.78, 5) is 21.1. The van der Waals surface area contributed by atoms with Crippen LogP contribution in [0.5, 0.6) is 5.75 Å². The molecule has 6 nitrogen and oxygen atoms in total. The van der Waals surface area contributed by atoms with Crippen LogP contribution in [0.3, 0.4) is 0 Å². The number of pyridine rings is 1. The van der Waals surface area contributed by atoms with Crippen molar-refractivity contribution in [1.82, 2.24) is 14.8 Å². The Morgan fingerprint density at radius 1 is 1.00 bits per heavy atom. The van der Waals surface area contributed by atoms with Gasteiger partial charge in [0.25, 0.3) is 0 Å². The number of aromatic nitrogens is 1. The summed E-state index contributed by atoms with van der Waals surface area (Å²) in [5.41, 5.74) is 3.58. The van der Waals surface area contributed by atoms with Crippen LogP contribution in [0.4, 0.5) is 5.69 Å². The van der Waals surface area contributed by atoms with Crippen LogP contribution in [0.25, 0.3) is 10.9 Å². The van der Waals surface area contributed by atoms with E-state index in [1.165, 1.54) is 17.5 Å². The molecule has 1 aliphatic rings. The van der Waals surface area contributed by atoms with E-state index in [-0.39, 0.29) is 0 Å². The van der Waals surface area contributed by atoms with Crippen LogP contribution >= 0.6 is 35.1 Å². The van der Waals surface area contributed by atoms with Crippen molar-refractivity contribution >= 4 is 58.0 Å². The Morgan fingerprint density at radius 3 is 2.53 bits per heavy atom. The van der Waals surface area contributed by atoms with Gasteiger partial charge in [-0.1, -0.05) is 47.5 Å². The molecule has 0 amide bonds. The maximum atomic E-state index is 10.8. The van der Waals surface area contributed by atoms with E-state index in [9.17, 15) is 4.79 Å². The number of carbonyl (C=O) groups is 1. The molecule has 2 heterocycles. The fourth-order valence-electron chi connectivity index (χ4n) is 4.04. The van der Waals surface area contributed by atoms with E-state index >= 15 is 0 Å². The molecule has 38 heavy (non-hydrogen) atoms. The van der Waals surface area contributed by atoms with Crippen LogP contribution in [0.15, 0.2) is 77.8 Å². The first-order valence-electron chi connectivity index (χ1n) is 12.2. The summed E-state index contributed by atoms with van der Waals surface area (Å²) < 4.78 is 8.57. The smallest absolute Gasteiger partial charge is 0.150 e. The Balaban J connectivity index is 0.000000186. The lowest BCUT2D eigenvalue weighted by molar-refractivity contribution is 0.112. The van der Waals surface area contributed by atoms with Gasteiger partial charge in [-0.15, -0.1) is 0 Å². The van der Waals surface area contributed by atoms with Gasteiger partial charge in [0.2, 0.25) is 0 Å². The third kappa shape index (κ3) is 7.62. The molecule has 1 aromatic heterocycles. The Bertz CT molecular complexity index is 1370. The molecule has 5 rings (SSSR count). The molecule has 1 aliphatic heterocycles. The van der Waals surface area contributed by atoms with Crippen molar-refractivity contribution in [2.75, 3.05) is 45.1 Å². The van der Waals surface area contributed by atoms with Gasteiger partial charge in [0.05, 0.1) is 33.3 Å². The van der Waals surface area contributed by atoms with Gasteiger partial charge in [0.1, 0.15) is 12.0 Å². The zero-order valence-electron chi connectivity index (χ0n) is 21.4. The minimum atomic E-state index is 0.583. The first-order chi connectivity index (χ1) is 18.5. The topological polar surface area (TPSA) is 57.7 Å². The first kappa shape index (κ1) is 28.2. The SMILES string of the molecule is CN1CCN(Cc2ccc(Cl)c(Cl)c2)CC1.COc1cc(C=O)ccc1NSc1cccc2cccnc12. The van der Waals surface area contributed by atoms with Crippen molar-refractivity contribution < 1.29 is 9.53 Å². The molecule has 1 saturated heterocycles. The standard InChI is InChI=1S/C17H14N2O2S.C12H16Cl2N2/c1-21-15-10-12(11-20)7-8-14(15)19-22-16-6-2-4-13-5-3-9-18-17(13)16;1-15-4-6-16(7-5-15)9-10-2-3-11(13)12(14)8-10/h2-11,19H,1H3;2-3,8H,4-7,9H2,1H3. The molecule has 0 radical (unpaired) electrons. The number of nitrogens with zero attached hydrogens (tertiary/aromatic N) is 3. The Hall–Kier alpha value is -2.81. The number of carbonyl (C=O) groups excluding carboxylic acids is 1. The summed E-state index contributed by atoms with van der Waals surface area (Å²) >= 11 is 13.4. The van der Waals surface area contributed by atoms with Gasteiger partial charge < -0.3 is 14.4 Å². The number of piperazine rings is 1. The van der Waals surface area contributed by atoms with Gasteiger partial charge in [-0.05, 0) is 67.0 Å².